The molecule has 2 N–H and O–H groups in total. The third-order valence-electron chi connectivity index (χ3n) is 1.98. The summed E-state index contributed by atoms with van der Waals surface area (Å²) in [5.41, 5.74) is 6.72. The van der Waals surface area contributed by atoms with Crippen molar-refractivity contribution in [2.24, 2.45) is 5.73 Å². The monoisotopic (exact) mass is 257 g/mol. The van der Waals surface area contributed by atoms with Gasteiger partial charge in [-0.1, -0.05) is 18.2 Å². The van der Waals surface area contributed by atoms with Crippen molar-refractivity contribution in [1.82, 2.24) is 0 Å². The van der Waals surface area contributed by atoms with Crippen LogP contribution in [-0.4, -0.2) is 6.04 Å². The van der Waals surface area contributed by atoms with E-state index in [9.17, 15) is 4.39 Å². The smallest absolute Gasteiger partial charge is 0.137 e. The molecule has 0 aliphatic rings. The molecule has 0 aliphatic heterocycles. The van der Waals surface area contributed by atoms with Crippen molar-refractivity contribution in [2.45, 2.75) is 18.9 Å². The molecule has 0 amide bonds. The molecular formula is C11H13BrFN. The van der Waals surface area contributed by atoms with Crippen LogP contribution in [0.15, 0.2) is 35.3 Å². The van der Waals surface area contributed by atoms with Gasteiger partial charge < -0.3 is 5.73 Å². The maximum Gasteiger partial charge on any atom is 0.137 e. The fraction of sp³-hybridized carbons (Fsp3) is 0.273. The molecule has 1 nitrogen and oxygen atoms in total. The lowest BCUT2D eigenvalue weighted by atomic mass is 10.0. The Morgan fingerprint density at radius 2 is 2.29 bits per heavy atom. The van der Waals surface area contributed by atoms with E-state index in [-0.39, 0.29) is 11.9 Å². The van der Waals surface area contributed by atoms with Crippen LogP contribution in [0.1, 0.15) is 12.0 Å². The van der Waals surface area contributed by atoms with Gasteiger partial charge in [0.1, 0.15) is 5.82 Å². The highest BCUT2D eigenvalue weighted by Crippen LogP contribution is 2.21. The van der Waals surface area contributed by atoms with Crippen molar-refractivity contribution in [3.8, 4) is 0 Å². The van der Waals surface area contributed by atoms with Gasteiger partial charge in [-0.2, -0.15) is 0 Å². The fourth-order valence-electron chi connectivity index (χ4n) is 1.29. The van der Waals surface area contributed by atoms with Gasteiger partial charge in [-0.25, -0.2) is 4.39 Å². The van der Waals surface area contributed by atoms with Gasteiger partial charge in [0.15, 0.2) is 0 Å². The van der Waals surface area contributed by atoms with Crippen LogP contribution in [0.3, 0.4) is 0 Å². The van der Waals surface area contributed by atoms with E-state index in [1.54, 1.807) is 12.1 Å². The summed E-state index contributed by atoms with van der Waals surface area (Å²) >= 11 is 3.20. The summed E-state index contributed by atoms with van der Waals surface area (Å²) in [6.07, 6.45) is 3.17. The minimum atomic E-state index is -0.242. The molecule has 0 bridgehead atoms. The van der Waals surface area contributed by atoms with Gasteiger partial charge in [0, 0.05) is 6.04 Å². The van der Waals surface area contributed by atoms with Crippen molar-refractivity contribution < 1.29 is 4.39 Å². The quantitative estimate of drug-likeness (QED) is 0.825. The van der Waals surface area contributed by atoms with Crippen LogP contribution in [0, 0.1) is 5.82 Å². The normalized spacial score (nSPS) is 12.5. The zero-order valence-corrected chi connectivity index (χ0v) is 9.43. The molecule has 0 aromatic heterocycles. The van der Waals surface area contributed by atoms with E-state index in [4.69, 9.17) is 5.73 Å². The van der Waals surface area contributed by atoms with Crippen molar-refractivity contribution in [1.29, 1.82) is 0 Å². The van der Waals surface area contributed by atoms with E-state index in [1.165, 1.54) is 6.07 Å². The Hall–Kier alpha value is -0.670. The Morgan fingerprint density at radius 1 is 1.57 bits per heavy atom. The fourth-order valence-corrected chi connectivity index (χ4v) is 1.71. The first kappa shape index (κ1) is 11.4. The molecule has 0 heterocycles. The van der Waals surface area contributed by atoms with E-state index < -0.39 is 0 Å². The summed E-state index contributed by atoms with van der Waals surface area (Å²) in [7, 11) is 0. The first-order chi connectivity index (χ1) is 6.65. The second kappa shape index (κ2) is 5.27. The molecule has 76 valence electrons. The zero-order chi connectivity index (χ0) is 10.6. The van der Waals surface area contributed by atoms with Crippen molar-refractivity contribution in [3.05, 3.63) is 46.7 Å². The highest BCUT2D eigenvalue weighted by atomic mass is 79.9. The summed E-state index contributed by atoms with van der Waals surface area (Å²) in [5.74, 6) is -0.242. The van der Waals surface area contributed by atoms with Gasteiger partial charge in [0.2, 0.25) is 0 Å². The molecule has 0 aliphatic carbocycles. The Balaban J connectivity index is 2.76. The first-order valence-electron chi connectivity index (χ1n) is 4.44. The summed E-state index contributed by atoms with van der Waals surface area (Å²) in [6.45, 7) is 3.62. The predicted octanol–water partition coefficient (Wildman–Crippen LogP) is 3.03. The Kier molecular flexibility index (Phi) is 4.29. The zero-order valence-electron chi connectivity index (χ0n) is 7.84. The standard InChI is InChI=1S/C11H13BrFN/c1-2-4-9(14)7-8-5-3-6-10(13)11(8)12/h2-3,5-6,9H,1,4,7,14H2. The van der Waals surface area contributed by atoms with Gasteiger partial charge >= 0.3 is 0 Å². The maximum atomic E-state index is 13.1. The number of benzene rings is 1. The second-order valence-corrected chi connectivity index (χ2v) is 3.99. The Morgan fingerprint density at radius 3 is 2.93 bits per heavy atom. The molecule has 0 saturated carbocycles. The van der Waals surface area contributed by atoms with Crippen molar-refractivity contribution in [3.63, 3.8) is 0 Å². The largest absolute Gasteiger partial charge is 0.327 e. The van der Waals surface area contributed by atoms with Gasteiger partial charge in [-0.3, -0.25) is 0 Å². The van der Waals surface area contributed by atoms with Crippen LogP contribution in [-0.2, 0) is 6.42 Å². The van der Waals surface area contributed by atoms with Crippen LogP contribution in [0.5, 0.6) is 0 Å². The number of hydrogen-bond donors (Lipinski definition) is 1. The first-order valence-corrected chi connectivity index (χ1v) is 5.23. The minimum Gasteiger partial charge on any atom is -0.327 e. The van der Waals surface area contributed by atoms with E-state index in [1.807, 2.05) is 6.07 Å². The molecular weight excluding hydrogens is 245 g/mol. The van der Waals surface area contributed by atoms with Gasteiger partial charge in [-0.05, 0) is 40.4 Å². The van der Waals surface area contributed by atoms with E-state index in [0.717, 1.165) is 12.0 Å². The third-order valence-corrected chi connectivity index (χ3v) is 2.87. The van der Waals surface area contributed by atoms with Crippen molar-refractivity contribution in [2.75, 3.05) is 0 Å². The molecule has 0 radical (unpaired) electrons. The summed E-state index contributed by atoms with van der Waals surface area (Å²) in [5, 5.41) is 0. The summed E-state index contributed by atoms with van der Waals surface area (Å²) in [4.78, 5) is 0. The van der Waals surface area contributed by atoms with Crippen molar-refractivity contribution >= 4 is 15.9 Å². The molecule has 1 rings (SSSR count). The molecule has 1 unspecified atom stereocenters. The molecule has 0 fully saturated rings. The number of halogens is 2. The molecule has 3 heteroatoms. The van der Waals surface area contributed by atoms with Crippen LogP contribution < -0.4 is 5.73 Å². The minimum absolute atomic E-state index is 0.00519. The Labute approximate surface area is 91.9 Å². The molecule has 0 saturated heterocycles. The van der Waals surface area contributed by atoms with Gasteiger partial charge in [-0.15, -0.1) is 6.58 Å². The maximum absolute atomic E-state index is 13.1. The highest BCUT2D eigenvalue weighted by molar-refractivity contribution is 9.10. The number of nitrogens with two attached hydrogens (primary N) is 1. The van der Waals surface area contributed by atoms with Gasteiger partial charge in [0.05, 0.1) is 4.47 Å². The SMILES string of the molecule is C=CCC(N)Cc1cccc(F)c1Br. The van der Waals surface area contributed by atoms with E-state index in [0.29, 0.717) is 10.9 Å². The predicted molar refractivity (Wildman–Crippen MR) is 60.6 cm³/mol. The molecule has 1 aromatic rings. The third kappa shape index (κ3) is 2.93. The number of rotatable bonds is 4. The van der Waals surface area contributed by atoms with Gasteiger partial charge in [0.25, 0.3) is 0 Å². The number of hydrogen-bond acceptors (Lipinski definition) is 1. The molecule has 1 aromatic carbocycles. The van der Waals surface area contributed by atoms with Crippen LogP contribution in [0.2, 0.25) is 0 Å². The molecule has 0 spiro atoms. The lowest BCUT2D eigenvalue weighted by Crippen LogP contribution is -2.22. The van der Waals surface area contributed by atoms with Crippen LogP contribution in [0.25, 0.3) is 0 Å². The topological polar surface area (TPSA) is 26.0 Å². The van der Waals surface area contributed by atoms with Crippen LogP contribution in [0.4, 0.5) is 4.39 Å². The summed E-state index contributed by atoms with van der Waals surface area (Å²) < 4.78 is 13.6. The van der Waals surface area contributed by atoms with E-state index >= 15 is 0 Å². The van der Waals surface area contributed by atoms with Crippen LogP contribution >= 0.6 is 15.9 Å². The average molecular weight is 258 g/mol. The molecule has 1 atom stereocenters. The summed E-state index contributed by atoms with van der Waals surface area (Å²) in [6, 6.07) is 4.99. The lowest BCUT2D eigenvalue weighted by Gasteiger charge is -2.10. The lowest BCUT2D eigenvalue weighted by molar-refractivity contribution is 0.612. The second-order valence-electron chi connectivity index (χ2n) is 3.20. The van der Waals surface area contributed by atoms with E-state index in [2.05, 4.69) is 22.5 Å². The highest BCUT2D eigenvalue weighted by Gasteiger charge is 2.08. The molecule has 14 heavy (non-hydrogen) atoms. The Bertz CT molecular complexity index is 325. The average Bonchev–Trinajstić information content (AvgIpc) is 2.13.